The van der Waals surface area contributed by atoms with Crippen LogP contribution in [0.3, 0.4) is 0 Å². The molecule has 0 bridgehead atoms. The summed E-state index contributed by atoms with van der Waals surface area (Å²) in [4.78, 5) is 17.7. The molecule has 1 aromatic carbocycles. The summed E-state index contributed by atoms with van der Waals surface area (Å²) in [5, 5.41) is 25.1. The summed E-state index contributed by atoms with van der Waals surface area (Å²) in [7, 11) is 0. The minimum absolute atomic E-state index is 0.00320. The molecule has 2 atom stereocenters. The molecule has 6 rings (SSSR count). The number of aryl methyl sites for hydroxylation is 1. The van der Waals surface area contributed by atoms with Crippen LogP contribution < -0.4 is 16.0 Å². The fourth-order valence-electron chi connectivity index (χ4n) is 5.95. The quantitative estimate of drug-likeness (QED) is 0.323. The van der Waals surface area contributed by atoms with Crippen molar-refractivity contribution in [1.82, 2.24) is 19.9 Å². The Morgan fingerprint density at radius 2 is 1.92 bits per heavy atom. The van der Waals surface area contributed by atoms with Gasteiger partial charge in [0.15, 0.2) is 5.65 Å². The third-order valence-corrected chi connectivity index (χ3v) is 8.56. The zero-order valence-corrected chi connectivity index (χ0v) is 22.8. The van der Waals surface area contributed by atoms with Crippen LogP contribution in [0.15, 0.2) is 30.5 Å². The minimum atomic E-state index is -0.00320. The number of fused-ring (bicyclic) bond motifs is 1. The number of anilines is 2. The lowest BCUT2D eigenvalue weighted by Crippen LogP contribution is -2.34. The number of hydrogen-bond acceptors (Lipinski definition) is 7. The lowest BCUT2D eigenvalue weighted by Gasteiger charge is -2.31. The molecule has 3 fully saturated rings. The van der Waals surface area contributed by atoms with Crippen LogP contribution in [-0.4, -0.2) is 64.1 Å². The Kier molecular flexibility index (Phi) is 7.70. The molecule has 1 saturated heterocycles. The molecule has 9 nitrogen and oxygen atoms in total. The van der Waals surface area contributed by atoms with Gasteiger partial charge < -0.3 is 25.8 Å². The Morgan fingerprint density at radius 1 is 1.10 bits per heavy atom. The highest BCUT2D eigenvalue weighted by Gasteiger charge is 2.26. The van der Waals surface area contributed by atoms with Crippen molar-refractivity contribution < 1.29 is 14.6 Å². The van der Waals surface area contributed by atoms with Crippen LogP contribution in [0.5, 0.6) is 0 Å². The standard InChI is InChI=1S/C30H40N6O3/c1-19-14-21(6-9-24(19)30(38)33-23-7-8-23)25-17-32-36-28(31-16-20-10-12-39-13-11-20)15-27(35-29(25)36)34-26-5-3-2-4-22(26)18-37/h6,9,14-15,17,20,22-23,26,31,37H,2-5,7-8,10-13,16,18H2,1H3,(H,33,38)(H,34,35)/t22-,26-/m0/s1. The average molecular weight is 533 g/mol. The van der Waals surface area contributed by atoms with Crippen molar-refractivity contribution in [1.29, 1.82) is 0 Å². The topological polar surface area (TPSA) is 113 Å². The van der Waals surface area contributed by atoms with E-state index < -0.39 is 0 Å². The highest BCUT2D eigenvalue weighted by Crippen LogP contribution is 2.32. The molecule has 39 heavy (non-hydrogen) atoms. The van der Waals surface area contributed by atoms with Crippen LogP contribution >= 0.6 is 0 Å². The van der Waals surface area contributed by atoms with E-state index in [0.29, 0.717) is 17.5 Å². The number of carbonyl (C=O) groups excluding carboxylic acids is 1. The maximum atomic E-state index is 12.7. The second-order valence-corrected chi connectivity index (χ2v) is 11.5. The first-order valence-electron chi connectivity index (χ1n) is 14.6. The summed E-state index contributed by atoms with van der Waals surface area (Å²) in [6.45, 7) is 4.65. The third kappa shape index (κ3) is 5.89. The number of aliphatic hydroxyl groups is 1. The smallest absolute Gasteiger partial charge is 0.251 e. The Hall–Kier alpha value is -3.17. The summed E-state index contributed by atoms with van der Waals surface area (Å²) < 4.78 is 7.42. The summed E-state index contributed by atoms with van der Waals surface area (Å²) in [6.07, 6.45) is 10.5. The van der Waals surface area contributed by atoms with Crippen LogP contribution in [0.4, 0.5) is 11.6 Å². The van der Waals surface area contributed by atoms with Crippen molar-refractivity contribution >= 4 is 23.2 Å². The summed E-state index contributed by atoms with van der Waals surface area (Å²) >= 11 is 0. The number of aromatic nitrogens is 3. The van der Waals surface area contributed by atoms with Crippen LogP contribution in [0.2, 0.25) is 0 Å². The van der Waals surface area contributed by atoms with Crippen LogP contribution in [0.1, 0.15) is 67.3 Å². The Morgan fingerprint density at radius 3 is 2.69 bits per heavy atom. The van der Waals surface area contributed by atoms with Crippen LogP contribution in [0.25, 0.3) is 16.8 Å². The molecule has 2 aromatic heterocycles. The van der Waals surface area contributed by atoms with E-state index in [9.17, 15) is 9.90 Å². The molecular formula is C30H40N6O3. The number of nitrogens with zero attached hydrogens (tertiary/aromatic N) is 3. The third-order valence-electron chi connectivity index (χ3n) is 8.56. The van der Waals surface area contributed by atoms with E-state index in [4.69, 9.17) is 14.8 Å². The van der Waals surface area contributed by atoms with Gasteiger partial charge in [-0.15, -0.1) is 0 Å². The van der Waals surface area contributed by atoms with Crippen LogP contribution in [0, 0.1) is 18.8 Å². The zero-order valence-electron chi connectivity index (χ0n) is 22.8. The number of ether oxygens (including phenoxy) is 1. The monoisotopic (exact) mass is 532 g/mol. The number of rotatable bonds is 9. The highest BCUT2D eigenvalue weighted by atomic mass is 16.5. The van der Waals surface area contributed by atoms with Crippen molar-refractivity contribution in [3.8, 4) is 11.1 Å². The van der Waals surface area contributed by atoms with Gasteiger partial charge in [-0.2, -0.15) is 9.61 Å². The Bertz CT molecular complexity index is 1310. The molecule has 0 radical (unpaired) electrons. The van der Waals surface area contributed by atoms with Gasteiger partial charge in [-0.3, -0.25) is 4.79 Å². The number of hydrogen-bond donors (Lipinski definition) is 4. The maximum absolute atomic E-state index is 12.7. The number of aliphatic hydroxyl groups excluding tert-OH is 1. The highest BCUT2D eigenvalue weighted by molar-refractivity contribution is 5.97. The van der Waals surface area contributed by atoms with E-state index in [-0.39, 0.29) is 24.5 Å². The van der Waals surface area contributed by atoms with Crippen molar-refractivity contribution in [3.63, 3.8) is 0 Å². The van der Waals surface area contributed by atoms with E-state index in [2.05, 4.69) is 22.0 Å². The summed E-state index contributed by atoms with van der Waals surface area (Å²) in [5.74, 6) is 2.48. The van der Waals surface area contributed by atoms with Gasteiger partial charge in [0.25, 0.3) is 5.91 Å². The molecule has 3 aromatic rings. The molecule has 1 aliphatic heterocycles. The fourth-order valence-corrected chi connectivity index (χ4v) is 5.95. The fraction of sp³-hybridized carbons (Fsp3) is 0.567. The molecule has 0 unspecified atom stereocenters. The van der Waals surface area contributed by atoms with E-state index >= 15 is 0 Å². The second-order valence-electron chi connectivity index (χ2n) is 11.5. The molecule has 4 N–H and O–H groups in total. The van der Waals surface area contributed by atoms with E-state index in [1.807, 2.05) is 35.8 Å². The van der Waals surface area contributed by atoms with Gasteiger partial charge in [-0.1, -0.05) is 25.0 Å². The van der Waals surface area contributed by atoms with Crippen molar-refractivity contribution in [2.24, 2.45) is 11.8 Å². The van der Waals surface area contributed by atoms with Gasteiger partial charge in [0.2, 0.25) is 0 Å². The number of amides is 1. The Balaban J connectivity index is 1.32. The lowest BCUT2D eigenvalue weighted by molar-refractivity contribution is 0.0699. The van der Waals surface area contributed by atoms with Crippen molar-refractivity contribution in [2.45, 2.75) is 70.4 Å². The van der Waals surface area contributed by atoms with Crippen molar-refractivity contribution in [3.05, 3.63) is 41.6 Å². The maximum Gasteiger partial charge on any atom is 0.251 e. The number of benzene rings is 1. The Labute approximate surface area is 229 Å². The van der Waals surface area contributed by atoms with Crippen LogP contribution in [-0.2, 0) is 4.74 Å². The van der Waals surface area contributed by atoms with Gasteiger partial charge in [-0.25, -0.2) is 4.98 Å². The largest absolute Gasteiger partial charge is 0.396 e. The average Bonchev–Trinajstić information content (AvgIpc) is 3.67. The molecule has 1 amide bonds. The van der Waals surface area contributed by atoms with E-state index in [0.717, 1.165) is 105 Å². The van der Waals surface area contributed by atoms with Gasteiger partial charge in [0.05, 0.1) is 6.20 Å². The first kappa shape index (κ1) is 26.1. The van der Waals surface area contributed by atoms with Gasteiger partial charge in [-0.05, 0) is 68.6 Å². The predicted molar refractivity (Wildman–Crippen MR) is 152 cm³/mol. The van der Waals surface area contributed by atoms with Crippen molar-refractivity contribution in [2.75, 3.05) is 37.0 Å². The molecular weight excluding hydrogens is 492 g/mol. The summed E-state index contributed by atoms with van der Waals surface area (Å²) in [5.41, 5.74) is 4.32. The predicted octanol–water partition coefficient (Wildman–Crippen LogP) is 4.40. The molecule has 0 spiro atoms. The summed E-state index contributed by atoms with van der Waals surface area (Å²) in [6, 6.07) is 8.52. The molecule has 2 saturated carbocycles. The lowest BCUT2D eigenvalue weighted by atomic mass is 9.85. The number of carbonyl (C=O) groups is 1. The molecule has 3 heterocycles. The van der Waals surface area contributed by atoms with Gasteiger partial charge in [0, 0.05) is 61.6 Å². The SMILES string of the molecule is Cc1cc(-c2cnn3c(NCC4CCOCC4)cc(N[C@H]4CCCC[C@H]4CO)nc23)ccc1C(=O)NC1CC1. The van der Waals surface area contributed by atoms with Gasteiger partial charge >= 0.3 is 0 Å². The zero-order chi connectivity index (χ0) is 26.8. The second kappa shape index (κ2) is 11.5. The van der Waals surface area contributed by atoms with E-state index in [1.165, 1.54) is 0 Å². The van der Waals surface area contributed by atoms with E-state index in [1.54, 1.807) is 0 Å². The molecule has 3 aliphatic rings. The molecule has 208 valence electrons. The number of nitrogens with one attached hydrogen (secondary N) is 3. The normalized spacial score (nSPS) is 22.1. The molecule has 9 heteroatoms. The first-order valence-corrected chi connectivity index (χ1v) is 14.6. The van der Waals surface area contributed by atoms with Gasteiger partial charge in [0.1, 0.15) is 11.6 Å². The first-order chi connectivity index (χ1) is 19.1. The minimum Gasteiger partial charge on any atom is -0.396 e. The molecule has 2 aliphatic carbocycles.